The van der Waals surface area contributed by atoms with Crippen LogP contribution in [0.2, 0.25) is 0 Å². The van der Waals surface area contributed by atoms with E-state index in [1.807, 2.05) is 0 Å². The molecule has 10 nitrogen and oxygen atoms in total. The van der Waals surface area contributed by atoms with Gasteiger partial charge < -0.3 is 37.9 Å². The lowest BCUT2D eigenvalue weighted by atomic mass is 10.2. The molecule has 5 rings (SSSR count). The number of benzene rings is 2. The third-order valence-corrected chi connectivity index (χ3v) is 5.35. The number of hydrogen-bond acceptors (Lipinski definition) is 11. The van der Waals surface area contributed by atoms with Crippen molar-refractivity contribution in [3.63, 3.8) is 0 Å². The van der Waals surface area contributed by atoms with Crippen molar-refractivity contribution in [2.24, 2.45) is 0 Å². The second-order valence-corrected chi connectivity index (χ2v) is 7.74. The first kappa shape index (κ1) is 20.8. The summed E-state index contributed by atoms with van der Waals surface area (Å²) < 4.78 is 41.4. The summed E-state index contributed by atoms with van der Waals surface area (Å²) in [4.78, 5) is 23.9. The molecule has 2 aromatic carbocycles. The molecule has 33 heavy (non-hydrogen) atoms. The highest BCUT2D eigenvalue weighted by Crippen LogP contribution is 2.34. The molecule has 0 aliphatic carbocycles. The summed E-state index contributed by atoms with van der Waals surface area (Å²) in [6.07, 6.45) is -1.79. The molecule has 11 heteroatoms. The van der Waals surface area contributed by atoms with Crippen LogP contribution in [0.3, 0.4) is 0 Å². The van der Waals surface area contributed by atoms with Gasteiger partial charge in [-0.2, -0.15) is 0 Å². The van der Waals surface area contributed by atoms with Crippen LogP contribution < -0.4 is 28.4 Å². The van der Waals surface area contributed by atoms with E-state index in [0.29, 0.717) is 23.0 Å². The summed E-state index contributed by atoms with van der Waals surface area (Å²) in [5.41, 5.74) is 1.44. The van der Waals surface area contributed by atoms with Gasteiger partial charge in [0.15, 0.2) is 33.1 Å². The molecule has 0 unspecified atom stereocenters. The summed E-state index contributed by atoms with van der Waals surface area (Å²) in [6.45, 7) is 0.319. The third kappa shape index (κ3) is 5.04. The Labute approximate surface area is 191 Å². The molecular formula is C22H16O10S. The third-order valence-electron chi connectivity index (χ3n) is 4.51. The lowest BCUT2D eigenvalue weighted by Crippen LogP contribution is -2.10. The van der Waals surface area contributed by atoms with Crippen LogP contribution in [-0.2, 0) is 22.7 Å². The molecule has 2 aliphatic heterocycles. The lowest BCUT2D eigenvalue weighted by Gasteiger charge is -2.06. The molecule has 0 saturated carbocycles. The van der Waals surface area contributed by atoms with Gasteiger partial charge in [0.25, 0.3) is 0 Å². The van der Waals surface area contributed by atoms with E-state index >= 15 is 0 Å². The largest absolute Gasteiger partial charge is 0.514 e. The fourth-order valence-corrected chi connectivity index (χ4v) is 3.67. The van der Waals surface area contributed by atoms with Gasteiger partial charge in [-0.15, -0.1) is 0 Å². The first-order chi connectivity index (χ1) is 16.1. The van der Waals surface area contributed by atoms with Gasteiger partial charge in [-0.25, -0.2) is 9.59 Å². The Kier molecular flexibility index (Phi) is 5.77. The predicted octanol–water partition coefficient (Wildman–Crippen LogP) is 4.64. The predicted molar refractivity (Wildman–Crippen MR) is 111 cm³/mol. The molecule has 0 atom stereocenters. The van der Waals surface area contributed by atoms with E-state index in [-0.39, 0.29) is 36.9 Å². The fraction of sp³-hybridized carbons (Fsp3) is 0.182. The summed E-state index contributed by atoms with van der Waals surface area (Å²) in [5, 5.41) is 0.397. The molecular weight excluding hydrogens is 456 g/mol. The molecule has 2 aliphatic rings. The molecule has 0 radical (unpaired) electrons. The molecule has 0 N–H and O–H groups in total. The molecule has 170 valence electrons. The van der Waals surface area contributed by atoms with Crippen LogP contribution in [0.4, 0.5) is 9.59 Å². The van der Waals surface area contributed by atoms with Gasteiger partial charge >= 0.3 is 12.3 Å². The zero-order valence-corrected chi connectivity index (χ0v) is 17.8. The minimum Gasteiger partial charge on any atom is -0.454 e. The smallest absolute Gasteiger partial charge is 0.454 e. The average Bonchev–Trinajstić information content (AvgIpc) is 3.56. The Bertz CT molecular complexity index is 1100. The normalized spacial score (nSPS) is 12.8. The molecule has 3 heterocycles. The van der Waals surface area contributed by atoms with Crippen molar-refractivity contribution in [2.45, 2.75) is 13.2 Å². The number of fused-ring (bicyclic) bond motifs is 2. The molecule has 3 aromatic rings. The van der Waals surface area contributed by atoms with Crippen molar-refractivity contribution in [2.75, 3.05) is 13.6 Å². The van der Waals surface area contributed by atoms with Gasteiger partial charge in [0, 0.05) is 0 Å². The quantitative estimate of drug-likeness (QED) is 0.471. The maximum Gasteiger partial charge on any atom is 0.514 e. The van der Waals surface area contributed by atoms with E-state index in [1.54, 1.807) is 36.4 Å². The van der Waals surface area contributed by atoms with Gasteiger partial charge in [-0.1, -0.05) is 23.5 Å². The second kappa shape index (κ2) is 9.17. The molecule has 0 amide bonds. The van der Waals surface area contributed by atoms with Crippen molar-refractivity contribution in [1.82, 2.24) is 0 Å². The maximum atomic E-state index is 11.9. The van der Waals surface area contributed by atoms with E-state index < -0.39 is 12.3 Å². The Morgan fingerprint density at radius 3 is 1.61 bits per heavy atom. The van der Waals surface area contributed by atoms with E-state index in [1.165, 1.54) is 12.1 Å². The maximum absolute atomic E-state index is 11.9. The highest BCUT2D eigenvalue weighted by molar-refractivity contribution is 7.15. The van der Waals surface area contributed by atoms with Crippen molar-refractivity contribution in [3.8, 4) is 33.1 Å². The van der Waals surface area contributed by atoms with E-state index in [0.717, 1.165) is 22.5 Å². The van der Waals surface area contributed by atoms with Crippen molar-refractivity contribution < 1.29 is 47.5 Å². The van der Waals surface area contributed by atoms with Crippen molar-refractivity contribution >= 4 is 23.6 Å². The standard InChI is InChI=1S/C22H16O10S/c23-21(25-9-13-1-3-15-17(7-13)29-11-27-15)31-19-5-6-20(33-19)32-22(24)26-10-14-2-4-16-18(8-14)30-12-28-16/h1-8H,9-12H2. The van der Waals surface area contributed by atoms with Gasteiger partial charge in [0.1, 0.15) is 13.2 Å². The minimum absolute atomic E-state index is 0.00358. The number of carbonyl (C=O) groups is 2. The van der Waals surface area contributed by atoms with Crippen LogP contribution in [0.1, 0.15) is 11.1 Å². The van der Waals surface area contributed by atoms with Crippen LogP contribution >= 0.6 is 11.3 Å². The van der Waals surface area contributed by atoms with E-state index in [4.69, 9.17) is 37.9 Å². The first-order valence-corrected chi connectivity index (χ1v) is 10.5. The summed E-state index contributed by atoms with van der Waals surface area (Å²) >= 11 is 0.946. The second-order valence-electron chi connectivity index (χ2n) is 6.73. The van der Waals surface area contributed by atoms with E-state index in [9.17, 15) is 9.59 Å². The minimum atomic E-state index is -0.897. The number of ether oxygens (including phenoxy) is 8. The Morgan fingerprint density at radius 2 is 1.12 bits per heavy atom. The number of thiophene rings is 1. The van der Waals surface area contributed by atoms with Gasteiger partial charge in [-0.05, 0) is 47.5 Å². The van der Waals surface area contributed by atoms with Crippen molar-refractivity contribution in [3.05, 3.63) is 59.7 Å². The Balaban J connectivity index is 1.06. The summed E-state index contributed by atoms with van der Waals surface area (Å²) in [7, 11) is 0. The average molecular weight is 472 g/mol. The number of hydrogen-bond donors (Lipinski definition) is 0. The summed E-state index contributed by atoms with van der Waals surface area (Å²) in [5.74, 6) is 2.47. The number of carbonyl (C=O) groups excluding carboxylic acids is 2. The van der Waals surface area contributed by atoms with Crippen LogP contribution in [0.5, 0.6) is 33.1 Å². The highest BCUT2D eigenvalue weighted by atomic mass is 32.1. The van der Waals surface area contributed by atoms with Crippen LogP contribution in [0.15, 0.2) is 48.5 Å². The summed E-state index contributed by atoms with van der Waals surface area (Å²) in [6, 6.07) is 13.4. The first-order valence-electron chi connectivity index (χ1n) is 9.68. The molecule has 0 spiro atoms. The van der Waals surface area contributed by atoms with Gasteiger partial charge in [0.2, 0.25) is 13.6 Å². The zero-order valence-electron chi connectivity index (χ0n) is 16.9. The highest BCUT2D eigenvalue weighted by Gasteiger charge is 2.17. The van der Waals surface area contributed by atoms with Gasteiger partial charge in [-0.3, -0.25) is 0 Å². The van der Waals surface area contributed by atoms with Crippen LogP contribution in [0.25, 0.3) is 0 Å². The van der Waals surface area contributed by atoms with Crippen molar-refractivity contribution in [1.29, 1.82) is 0 Å². The molecule has 1 aromatic heterocycles. The molecule has 0 bridgehead atoms. The lowest BCUT2D eigenvalue weighted by molar-refractivity contribution is 0.0934. The monoisotopic (exact) mass is 472 g/mol. The SMILES string of the molecule is O=C(OCc1ccc2c(c1)OCO2)Oc1ccc(OC(=O)OCc2ccc3c(c2)OCO3)s1. The zero-order chi connectivity index (χ0) is 22.6. The Morgan fingerprint density at radius 1 is 0.667 bits per heavy atom. The van der Waals surface area contributed by atoms with E-state index in [2.05, 4.69) is 0 Å². The van der Waals surface area contributed by atoms with Crippen LogP contribution in [-0.4, -0.2) is 25.9 Å². The van der Waals surface area contributed by atoms with Crippen LogP contribution in [0, 0.1) is 0 Å². The fourth-order valence-electron chi connectivity index (χ4n) is 2.98. The Hall–Kier alpha value is -4.12. The molecule has 0 saturated heterocycles. The topological polar surface area (TPSA) is 108 Å². The molecule has 0 fully saturated rings. The van der Waals surface area contributed by atoms with Gasteiger partial charge in [0.05, 0.1) is 0 Å². The number of rotatable bonds is 6.